The van der Waals surface area contributed by atoms with Crippen molar-refractivity contribution in [3.05, 3.63) is 70.8 Å². The summed E-state index contributed by atoms with van der Waals surface area (Å²) in [5.74, 6) is -2.83. The van der Waals surface area contributed by atoms with E-state index in [0.717, 1.165) is 22.3 Å². The van der Waals surface area contributed by atoms with Crippen molar-refractivity contribution in [1.82, 2.24) is 0 Å². The van der Waals surface area contributed by atoms with E-state index in [1.807, 2.05) is 48.5 Å². The first-order chi connectivity index (χ1) is 11.6. The number of carbonyl (C=O) groups excluding carboxylic acids is 3. The molecule has 24 heavy (non-hydrogen) atoms. The van der Waals surface area contributed by atoms with E-state index in [1.165, 1.54) is 6.92 Å². The summed E-state index contributed by atoms with van der Waals surface area (Å²) in [6.45, 7) is 1.51. The molecule has 4 heteroatoms. The molecule has 3 aliphatic carbocycles. The number of cyclic esters (lactones) is 2. The number of benzene rings is 2. The van der Waals surface area contributed by atoms with E-state index in [-0.39, 0.29) is 11.7 Å². The summed E-state index contributed by atoms with van der Waals surface area (Å²) in [7, 11) is 0. The average Bonchev–Trinajstić information content (AvgIpc) is 2.90. The Morgan fingerprint density at radius 3 is 2.00 bits per heavy atom. The normalized spacial score (nSPS) is 32.0. The van der Waals surface area contributed by atoms with Gasteiger partial charge < -0.3 is 4.74 Å². The third-order valence-corrected chi connectivity index (χ3v) is 5.91. The maximum Gasteiger partial charge on any atom is 0.319 e. The molecule has 1 heterocycles. The summed E-state index contributed by atoms with van der Waals surface area (Å²) in [5, 5.41) is 0. The third-order valence-electron chi connectivity index (χ3n) is 5.91. The fraction of sp³-hybridized carbons (Fsp3) is 0.250. The number of ketones is 1. The smallest absolute Gasteiger partial charge is 0.319 e. The van der Waals surface area contributed by atoms with Crippen molar-refractivity contribution in [2.75, 3.05) is 0 Å². The van der Waals surface area contributed by atoms with Crippen LogP contribution in [0, 0.1) is 11.8 Å². The van der Waals surface area contributed by atoms with Crippen molar-refractivity contribution in [1.29, 1.82) is 0 Å². The van der Waals surface area contributed by atoms with E-state index in [2.05, 4.69) is 0 Å². The number of Topliss-reactive ketones (excluding diaryl/α,β-unsaturated/α-hetero) is 1. The van der Waals surface area contributed by atoms with Gasteiger partial charge in [0.25, 0.3) is 0 Å². The van der Waals surface area contributed by atoms with Crippen molar-refractivity contribution < 1.29 is 19.1 Å². The molecule has 1 saturated heterocycles. The molecule has 0 unspecified atom stereocenters. The van der Waals surface area contributed by atoms with Crippen molar-refractivity contribution in [2.24, 2.45) is 11.8 Å². The van der Waals surface area contributed by atoms with E-state index in [1.54, 1.807) is 0 Å². The molecular formula is C20H14O4. The summed E-state index contributed by atoms with van der Waals surface area (Å²) < 4.78 is 5.00. The number of esters is 2. The van der Waals surface area contributed by atoms with Crippen molar-refractivity contribution in [3.8, 4) is 0 Å². The summed E-state index contributed by atoms with van der Waals surface area (Å²) >= 11 is 0. The van der Waals surface area contributed by atoms with Crippen LogP contribution in [0.15, 0.2) is 48.5 Å². The maximum atomic E-state index is 13.0. The van der Waals surface area contributed by atoms with Gasteiger partial charge in [0.15, 0.2) is 0 Å². The topological polar surface area (TPSA) is 60.4 Å². The molecule has 1 aliphatic heterocycles. The largest absolute Gasteiger partial charge is 0.393 e. The van der Waals surface area contributed by atoms with Crippen LogP contribution in [0.1, 0.15) is 35.1 Å². The van der Waals surface area contributed by atoms with Crippen LogP contribution in [0.4, 0.5) is 0 Å². The second kappa shape index (κ2) is 4.20. The standard InChI is InChI=1S/C20H14O4/c1-10(21)20-13-8-4-2-6-11(13)15(12-7-3-5-9-14(12)20)16-17(20)19(23)24-18(16)22/h2-9,15-17H,1H3/t15?,16-,17-,20?/m1/s1. The molecule has 0 aromatic heterocycles. The highest BCUT2D eigenvalue weighted by Crippen LogP contribution is 2.63. The Bertz CT molecular complexity index is 895. The Hall–Kier alpha value is -2.75. The molecule has 4 aliphatic rings. The van der Waals surface area contributed by atoms with Crippen LogP contribution in [0.2, 0.25) is 0 Å². The van der Waals surface area contributed by atoms with E-state index < -0.39 is 29.2 Å². The van der Waals surface area contributed by atoms with Gasteiger partial charge in [0.2, 0.25) is 0 Å². The summed E-state index contributed by atoms with van der Waals surface area (Å²) in [5.41, 5.74) is 2.47. The molecule has 118 valence electrons. The minimum absolute atomic E-state index is 0.123. The van der Waals surface area contributed by atoms with Crippen molar-refractivity contribution >= 4 is 17.7 Å². The molecule has 0 amide bonds. The van der Waals surface area contributed by atoms with Crippen LogP contribution in [0.3, 0.4) is 0 Å². The van der Waals surface area contributed by atoms with Gasteiger partial charge in [-0.1, -0.05) is 48.5 Å². The van der Waals surface area contributed by atoms with E-state index >= 15 is 0 Å². The van der Waals surface area contributed by atoms with Crippen LogP contribution in [-0.2, 0) is 24.5 Å². The second-order valence-corrected chi connectivity index (χ2v) is 6.76. The lowest BCUT2D eigenvalue weighted by Crippen LogP contribution is -2.57. The molecule has 2 atom stereocenters. The second-order valence-electron chi connectivity index (χ2n) is 6.76. The minimum atomic E-state index is -1.13. The molecule has 0 N–H and O–H groups in total. The molecule has 1 fully saturated rings. The Balaban J connectivity index is 1.99. The van der Waals surface area contributed by atoms with Crippen LogP contribution in [0.5, 0.6) is 0 Å². The number of hydrogen-bond acceptors (Lipinski definition) is 4. The molecule has 0 spiro atoms. The van der Waals surface area contributed by atoms with Gasteiger partial charge in [0.05, 0.1) is 17.3 Å². The predicted octanol–water partition coefficient (Wildman–Crippen LogP) is 2.34. The van der Waals surface area contributed by atoms with Gasteiger partial charge in [-0.3, -0.25) is 14.4 Å². The Labute approximate surface area is 138 Å². The molecule has 2 bridgehead atoms. The van der Waals surface area contributed by atoms with Crippen LogP contribution in [-0.4, -0.2) is 17.7 Å². The highest BCUT2D eigenvalue weighted by molar-refractivity contribution is 6.08. The lowest BCUT2D eigenvalue weighted by atomic mass is 9.46. The monoisotopic (exact) mass is 318 g/mol. The first kappa shape index (κ1) is 13.7. The fourth-order valence-corrected chi connectivity index (χ4v) is 5.18. The van der Waals surface area contributed by atoms with Gasteiger partial charge in [0, 0.05) is 5.92 Å². The summed E-state index contributed by atoms with van der Waals surface area (Å²) in [6, 6.07) is 15.3. The maximum absolute atomic E-state index is 13.0. The predicted molar refractivity (Wildman–Crippen MR) is 84.3 cm³/mol. The number of ether oxygens (including phenoxy) is 1. The zero-order chi connectivity index (χ0) is 16.6. The Morgan fingerprint density at radius 1 is 0.917 bits per heavy atom. The molecule has 6 rings (SSSR count). The molecule has 0 saturated carbocycles. The summed E-state index contributed by atoms with van der Waals surface area (Å²) in [4.78, 5) is 38.0. The number of rotatable bonds is 1. The molecular weight excluding hydrogens is 304 g/mol. The molecule has 4 nitrogen and oxygen atoms in total. The van der Waals surface area contributed by atoms with Crippen LogP contribution >= 0.6 is 0 Å². The molecule has 2 aromatic rings. The Kier molecular flexibility index (Phi) is 2.39. The fourth-order valence-electron chi connectivity index (χ4n) is 5.18. The van der Waals surface area contributed by atoms with Gasteiger partial charge in [-0.2, -0.15) is 0 Å². The van der Waals surface area contributed by atoms with E-state index in [0.29, 0.717) is 0 Å². The lowest BCUT2D eigenvalue weighted by molar-refractivity contribution is -0.154. The van der Waals surface area contributed by atoms with Gasteiger partial charge in [-0.15, -0.1) is 0 Å². The lowest BCUT2D eigenvalue weighted by Gasteiger charge is -2.52. The quantitative estimate of drug-likeness (QED) is 0.598. The van der Waals surface area contributed by atoms with Crippen LogP contribution < -0.4 is 0 Å². The third kappa shape index (κ3) is 1.26. The number of carbonyl (C=O) groups is 3. The molecule has 2 aromatic carbocycles. The molecule has 0 radical (unpaired) electrons. The zero-order valence-corrected chi connectivity index (χ0v) is 13.0. The minimum Gasteiger partial charge on any atom is -0.393 e. The van der Waals surface area contributed by atoms with Gasteiger partial charge in [-0.05, 0) is 29.2 Å². The van der Waals surface area contributed by atoms with E-state index in [4.69, 9.17) is 4.74 Å². The highest BCUT2D eigenvalue weighted by atomic mass is 16.6. The van der Waals surface area contributed by atoms with E-state index in [9.17, 15) is 14.4 Å². The van der Waals surface area contributed by atoms with Crippen molar-refractivity contribution in [3.63, 3.8) is 0 Å². The van der Waals surface area contributed by atoms with Gasteiger partial charge in [-0.25, -0.2) is 0 Å². The average molecular weight is 318 g/mol. The number of hydrogen-bond donors (Lipinski definition) is 0. The van der Waals surface area contributed by atoms with Crippen LogP contribution in [0.25, 0.3) is 0 Å². The van der Waals surface area contributed by atoms with Crippen molar-refractivity contribution in [2.45, 2.75) is 18.3 Å². The SMILES string of the molecule is CC(=O)C12c3ccccc3C(c3ccccc31)[C@H]1C(=O)OC(=O)[C@@H]12. The highest BCUT2D eigenvalue weighted by Gasteiger charge is 2.69. The zero-order valence-electron chi connectivity index (χ0n) is 13.0. The first-order valence-electron chi connectivity index (χ1n) is 8.04. The summed E-state index contributed by atoms with van der Waals surface area (Å²) in [6.07, 6.45) is 0. The van der Waals surface area contributed by atoms with Gasteiger partial charge in [0.1, 0.15) is 5.78 Å². The first-order valence-corrected chi connectivity index (χ1v) is 8.04. The Morgan fingerprint density at radius 2 is 1.46 bits per heavy atom. The van der Waals surface area contributed by atoms with Gasteiger partial charge >= 0.3 is 11.9 Å².